The van der Waals surface area contributed by atoms with Gasteiger partial charge in [-0.15, -0.1) is 0 Å². The molecule has 2 N–H and O–H groups in total. The van der Waals surface area contributed by atoms with Gasteiger partial charge in [0.2, 0.25) is 0 Å². The van der Waals surface area contributed by atoms with E-state index in [0.717, 1.165) is 24.9 Å². The predicted molar refractivity (Wildman–Crippen MR) is 82.3 cm³/mol. The van der Waals surface area contributed by atoms with Crippen LogP contribution in [0.3, 0.4) is 0 Å². The number of nitrogens with zero attached hydrogens (tertiary/aromatic N) is 1. The van der Waals surface area contributed by atoms with Gasteiger partial charge in [-0.05, 0) is 47.1 Å². The van der Waals surface area contributed by atoms with Crippen LogP contribution in [-0.4, -0.2) is 35.1 Å². The molecule has 2 amide bonds. The first-order valence-corrected chi connectivity index (χ1v) is 8.26. The highest BCUT2D eigenvalue weighted by Crippen LogP contribution is 2.26. The van der Waals surface area contributed by atoms with Gasteiger partial charge in [0.05, 0.1) is 0 Å². The summed E-state index contributed by atoms with van der Waals surface area (Å²) in [4.78, 5) is 24.8. The molecule has 0 spiro atoms. The molecule has 0 saturated carbocycles. The number of thiophene rings is 1. The SMILES string of the molecule is CC(CC(=O)O)C1CCCN(C(=O)NCc2ccsc2)C1. The number of likely N-dealkylation sites (tertiary alicyclic amines) is 1. The van der Waals surface area contributed by atoms with Crippen molar-refractivity contribution in [3.8, 4) is 0 Å². The number of urea groups is 1. The lowest BCUT2D eigenvalue weighted by atomic mass is 9.85. The van der Waals surface area contributed by atoms with Crippen LogP contribution < -0.4 is 5.32 Å². The molecule has 0 bridgehead atoms. The maximum absolute atomic E-state index is 12.2. The van der Waals surface area contributed by atoms with Crippen LogP contribution in [0.4, 0.5) is 4.79 Å². The van der Waals surface area contributed by atoms with Crippen LogP contribution in [0.1, 0.15) is 31.7 Å². The number of aliphatic carboxylic acids is 1. The third kappa shape index (κ3) is 4.74. The standard InChI is InChI=1S/C15H22N2O3S/c1-11(7-14(18)19)13-3-2-5-17(9-13)15(20)16-8-12-4-6-21-10-12/h4,6,10-11,13H,2-3,5,7-9H2,1H3,(H,16,20)(H,18,19). The highest BCUT2D eigenvalue weighted by Gasteiger charge is 2.28. The minimum Gasteiger partial charge on any atom is -0.481 e. The summed E-state index contributed by atoms with van der Waals surface area (Å²) in [6, 6.07) is 1.95. The van der Waals surface area contributed by atoms with Crippen molar-refractivity contribution in [2.45, 2.75) is 32.7 Å². The van der Waals surface area contributed by atoms with Crippen LogP contribution in [0.25, 0.3) is 0 Å². The second-order valence-electron chi connectivity index (χ2n) is 5.71. The predicted octanol–water partition coefficient (Wildman–Crippen LogP) is 2.78. The number of carbonyl (C=O) groups is 2. The topological polar surface area (TPSA) is 69.6 Å². The Morgan fingerprint density at radius 3 is 3.05 bits per heavy atom. The first kappa shape index (κ1) is 15.8. The van der Waals surface area contributed by atoms with Crippen LogP contribution in [-0.2, 0) is 11.3 Å². The Morgan fingerprint density at radius 2 is 2.38 bits per heavy atom. The summed E-state index contributed by atoms with van der Waals surface area (Å²) >= 11 is 1.62. The summed E-state index contributed by atoms with van der Waals surface area (Å²) in [6.07, 6.45) is 2.12. The van der Waals surface area contributed by atoms with Gasteiger partial charge < -0.3 is 15.3 Å². The Balaban J connectivity index is 1.82. The Morgan fingerprint density at radius 1 is 1.57 bits per heavy atom. The van der Waals surface area contributed by atoms with Crippen LogP contribution in [0, 0.1) is 11.8 Å². The molecule has 1 aromatic heterocycles. The van der Waals surface area contributed by atoms with Gasteiger partial charge in [0.1, 0.15) is 0 Å². The number of hydrogen-bond donors (Lipinski definition) is 2. The minimum absolute atomic E-state index is 0.0478. The summed E-state index contributed by atoms with van der Waals surface area (Å²) in [5.74, 6) is -0.377. The molecule has 6 heteroatoms. The normalized spacial score (nSPS) is 20.0. The number of hydrogen-bond acceptors (Lipinski definition) is 3. The molecule has 1 aromatic rings. The smallest absolute Gasteiger partial charge is 0.317 e. The van der Waals surface area contributed by atoms with E-state index in [0.29, 0.717) is 13.1 Å². The van der Waals surface area contributed by atoms with E-state index >= 15 is 0 Å². The number of rotatable bonds is 5. The summed E-state index contributed by atoms with van der Waals surface area (Å²) in [5, 5.41) is 15.8. The van der Waals surface area contributed by atoms with E-state index in [-0.39, 0.29) is 24.3 Å². The number of carboxylic acids is 1. The highest BCUT2D eigenvalue weighted by atomic mass is 32.1. The third-order valence-corrected chi connectivity index (χ3v) is 4.80. The molecular weight excluding hydrogens is 288 g/mol. The molecule has 0 radical (unpaired) electrons. The first-order valence-electron chi connectivity index (χ1n) is 7.32. The molecule has 0 aromatic carbocycles. The van der Waals surface area contributed by atoms with E-state index < -0.39 is 5.97 Å². The van der Waals surface area contributed by atoms with Crippen LogP contribution >= 0.6 is 11.3 Å². The van der Waals surface area contributed by atoms with Crippen molar-refractivity contribution in [1.82, 2.24) is 10.2 Å². The van der Waals surface area contributed by atoms with Gasteiger partial charge >= 0.3 is 12.0 Å². The lowest BCUT2D eigenvalue weighted by molar-refractivity contribution is -0.138. The molecule has 1 saturated heterocycles. The average molecular weight is 310 g/mol. The molecule has 1 aliphatic rings. The van der Waals surface area contributed by atoms with Crippen molar-refractivity contribution in [3.05, 3.63) is 22.4 Å². The zero-order valence-electron chi connectivity index (χ0n) is 12.2. The summed E-state index contributed by atoms with van der Waals surface area (Å²) in [7, 11) is 0. The van der Waals surface area contributed by atoms with Crippen LogP contribution in [0.2, 0.25) is 0 Å². The van der Waals surface area contributed by atoms with Gasteiger partial charge in [-0.3, -0.25) is 4.79 Å². The lowest BCUT2D eigenvalue weighted by Gasteiger charge is -2.35. The van der Waals surface area contributed by atoms with E-state index in [9.17, 15) is 9.59 Å². The molecule has 1 aliphatic heterocycles. The molecule has 116 valence electrons. The monoisotopic (exact) mass is 310 g/mol. The molecule has 1 fully saturated rings. The number of amides is 2. The molecule has 2 atom stereocenters. The van der Waals surface area contributed by atoms with Gasteiger partial charge in [0, 0.05) is 26.1 Å². The fraction of sp³-hybridized carbons (Fsp3) is 0.600. The van der Waals surface area contributed by atoms with Gasteiger partial charge in [-0.2, -0.15) is 11.3 Å². The summed E-state index contributed by atoms with van der Waals surface area (Å²) in [6.45, 7) is 3.93. The second kappa shape index (κ2) is 7.45. The zero-order chi connectivity index (χ0) is 15.2. The maximum atomic E-state index is 12.2. The fourth-order valence-corrected chi connectivity index (χ4v) is 3.45. The molecule has 2 unspecified atom stereocenters. The van der Waals surface area contributed by atoms with E-state index in [1.807, 2.05) is 28.7 Å². The molecule has 2 heterocycles. The lowest BCUT2D eigenvalue weighted by Crippen LogP contribution is -2.46. The van der Waals surface area contributed by atoms with Gasteiger partial charge in [0.15, 0.2) is 0 Å². The Labute approximate surface area is 129 Å². The number of carboxylic acid groups (broad SMARTS) is 1. The Bertz CT molecular complexity index is 475. The van der Waals surface area contributed by atoms with Gasteiger partial charge in [0.25, 0.3) is 0 Å². The fourth-order valence-electron chi connectivity index (χ4n) is 2.78. The van der Waals surface area contributed by atoms with E-state index in [4.69, 9.17) is 5.11 Å². The summed E-state index contributed by atoms with van der Waals surface area (Å²) in [5.41, 5.74) is 1.11. The van der Waals surface area contributed by atoms with Crippen molar-refractivity contribution >= 4 is 23.3 Å². The zero-order valence-corrected chi connectivity index (χ0v) is 13.1. The molecule has 0 aliphatic carbocycles. The summed E-state index contributed by atoms with van der Waals surface area (Å²) < 4.78 is 0. The first-order chi connectivity index (χ1) is 10.1. The highest BCUT2D eigenvalue weighted by molar-refractivity contribution is 7.07. The van der Waals surface area contributed by atoms with Crippen molar-refractivity contribution in [2.75, 3.05) is 13.1 Å². The van der Waals surface area contributed by atoms with Crippen molar-refractivity contribution < 1.29 is 14.7 Å². The Hall–Kier alpha value is -1.56. The van der Waals surface area contributed by atoms with Gasteiger partial charge in [-0.1, -0.05) is 6.92 Å². The number of nitrogens with one attached hydrogen (secondary N) is 1. The number of carbonyl (C=O) groups excluding carboxylic acids is 1. The van der Waals surface area contributed by atoms with Crippen LogP contribution in [0.15, 0.2) is 16.8 Å². The van der Waals surface area contributed by atoms with Crippen molar-refractivity contribution in [2.24, 2.45) is 11.8 Å². The van der Waals surface area contributed by atoms with E-state index in [1.165, 1.54) is 0 Å². The maximum Gasteiger partial charge on any atom is 0.317 e. The largest absolute Gasteiger partial charge is 0.481 e. The van der Waals surface area contributed by atoms with Gasteiger partial charge in [-0.25, -0.2) is 4.79 Å². The van der Waals surface area contributed by atoms with E-state index in [2.05, 4.69) is 5.32 Å². The molecule has 2 rings (SSSR count). The third-order valence-electron chi connectivity index (χ3n) is 4.07. The van der Waals surface area contributed by atoms with Crippen LogP contribution in [0.5, 0.6) is 0 Å². The van der Waals surface area contributed by atoms with Crippen molar-refractivity contribution in [1.29, 1.82) is 0 Å². The average Bonchev–Trinajstić information content (AvgIpc) is 2.97. The number of piperidine rings is 1. The minimum atomic E-state index is -0.762. The van der Waals surface area contributed by atoms with Crippen molar-refractivity contribution in [3.63, 3.8) is 0 Å². The molecular formula is C15H22N2O3S. The van der Waals surface area contributed by atoms with E-state index in [1.54, 1.807) is 11.3 Å². The Kier molecular flexibility index (Phi) is 5.61. The quantitative estimate of drug-likeness (QED) is 0.878. The molecule has 5 nitrogen and oxygen atoms in total. The molecule has 21 heavy (non-hydrogen) atoms. The second-order valence-corrected chi connectivity index (χ2v) is 6.49.